The number of hydrogen-bond acceptors (Lipinski definition) is 4. The molecule has 6 heteroatoms. The number of nitrogens with zero attached hydrogens (tertiary/aromatic N) is 2. The van der Waals surface area contributed by atoms with E-state index in [2.05, 4.69) is 5.32 Å². The van der Waals surface area contributed by atoms with Gasteiger partial charge in [-0.25, -0.2) is 4.99 Å². The van der Waals surface area contributed by atoms with E-state index in [0.29, 0.717) is 18.6 Å². The zero-order valence-corrected chi connectivity index (χ0v) is 21.0. The maximum absolute atomic E-state index is 13.5. The quantitative estimate of drug-likeness (QED) is 0.504. The molecule has 6 nitrogen and oxygen atoms in total. The predicted octanol–water partition coefficient (Wildman–Crippen LogP) is 4.21. The number of amides is 2. The maximum atomic E-state index is 13.5. The van der Waals surface area contributed by atoms with Gasteiger partial charge in [0.25, 0.3) is 5.91 Å². The van der Waals surface area contributed by atoms with Crippen molar-refractivity contribution < 1.29 is 14.7 Å². The summed E-state index contributed by atoms with van der Waals surface area (Å²) in [5.41, 5.74) is 4.15. The van der Waals surface area contributed by atoms with Crippen molar-refractivity contribution in [3.63, 3.8) is 0 Å². The molecule has 1 aliphatic heterocycles. The fourth-order valence-corrected chi connectivity index (χ4v) is 4.73. The van der Waals surface area contributed by atoms with E-state index in [1.165, 1.54) is 4.90 Å². The highest BCUT2D eigenvalue weighted by atomic mass is 16.3. The second kappa shape index (κ2) is 11.3. The molecule has 0 radical (unpaired) electrons. The third-order valence-electron chi connectivity index (χ3n) is 6.68. The smallest absolute Gasteiger partial charge is 0.272 e. The van der Waals surface area contributed by atoms with Crippen LogP contribution in [0, 0.1) is 11.8 Å². The number of nitrogens with one attached hydrogen (secondary N) is 1. The fraction of sp³-hybridized carbons (Fsp3) is 0.300. The van der Waals surface area contributed by atoms with Crippen LogP contribution in [-0.2, 0) is 16.0 Å². The molecular weight excluding hydrogens is 450 g/mol. The molecule has 0 bridgehead atoms. The summed E-state index contributed by atoms with van der Waals surface area (Å²) in [6.07, 6.45) is -0.843. The van der Waals surface area contributed by atoms with Crippen LogP contribution in [0.1, 0.15) is 37.0 Å². The van der Waals surface area contributed by atoms with E-state index >= 15 is 0 Å². The van der Waals surface area contributed by atoms with E-state index in [9.17, 15) is 14.7 Å². The van der Waals surface area contributed by atoms with Crippen LogP contribution < -0.4 is 10.2 Å². The number of hydrogen-bond donors (Lipinski definition) is 2. The number of aliphatic hydroxyl groups is 1. The minimum Gasteiger partial charge on any atom is -0.392 e. The molecule has 0 aromatic heterocycles. The molecular formula is C30H33N3O3. The van der Waals surface area contributed by atoms with Gasteiger partial charge >= 0.3 is 0 Å². The molecule has 2 amide bonds. The average molecular weight is 484 g/mol. The largest absolute Gasteiger partial charge is 0.392 e. The van der Waals surface area contributed by atoms with Gasteiger partial charge in [-0.2, -0.15) is 0 Å². The van der Waals surface area contributed by atoms with Crippen LogP contribution in [0.2, 0.25) is 0 Å². The zero-order valence-electron chi connectivity index (χ0n) is 21.0. The molecule has 186 valence electrons. The molecule has 3 aromatic carbocycles. The van der Waals surface area contributed by atoms with Gasteiger partial charge in [0.2, 0.25) is 12.1 Å². The van der Waals surface area contributed by atoms with Gasteiger partial charge < -0.3 is 15.3 Å². The van der Waals surface area contributed by atoms with Crippen LogP contribution in [0.4, 0.5) is 5.69 Å². The molecule has 0 aliphatic carbocycles. The molecule has 0 saturated carbocycles. The van der Waals surface area contributed by atoms with Crippen LogP contribution in [-0.4, -0.2) is 41.9 Å². The minimum absolute atomic E-state index is 0.121. The van der Waals surface area contributed by atoms with Gasteiger partial charge in [-0.1, -0.05) is 92.7 Å². The number of likely N-dealkylation sites (N-methyl/N-ethyl adjacent to an activating group) is 1. The number of aliphatic hydroxyl groups excluding tert-OH is 1. The number of fused-ring (bicyclic) bond motifs is 1. The molecule has 0 saturated heterocycles. The van der Waals surface area contributed by atoms with Gasteiger partial charge in [-0.05, 0) is 30.4 Å². The Hall–Kier alpha value is -3.77. The average Bonchev–Trinajstić information content (AvgIpc) is 2.99. The van der Waals surface area contributed by atoms with E-state index in [-0.39, 0.29) is 17.7 Å². The van der Waals surface area contributed by atoms with E-state index < -0.39 is 18.2 Å². The van der Waals surface area contributed by atoms with Gasteiger partial charge in [-0.3, -0.25) is 9.59 Å². The van der Waals surface area contributed by atoms with E-state index in [1.54, 1.807) is 7.05 Å². The van der Waals surface area contributed by atoms with Crippen molar-refractivity contribution in [2.75, 3.05) is 11.9 Å². The first-order chi connectivity index (χ1) is 17.4. The Kier molecular flexibility index (Phi) is 7.96. The van der Waals surface area contributed by atoms with Gasteiger partial charge in [0.1, 0.15) is 0 Å². The summed E-state index contributed by atoms with van der Waals surface area (Å²) in [4.78, 5) is 33.2. The number of aryl methyl sites for hydroxylation is 1. The number of aliphatic imine (C=N–C) groups is 1. The van der Waals surface area contributed by atoms with Crippen molar-refractivity contribution in [1.82, 2.24) is 5.32 Å². The highest BCUT2D eigenvalue weighted by Gasteiger charge is 2.35. The number of carbonyl (C=O) groups is 2. The molecule has 3 atom stereocenters. The van der Waals surface area contributed by atoms with E-state index in [1.807, 2.05) is 98.8 Å². The SMILES string of the molecule is CC(C)C(C(=O)NC1N=C(c2ccccc2)c2ccccc2N(C)C1=O)C(O)CCc1ccccc1. The molecule has 4 rings (SSSR count). The second-order valence-electron chi connectivity index (χ2n) is 9.53. The highest BCUT2D eigenvalue weighted by molar-refractivity contribution is 6.20. The van der Waals surface area contributed by atoms with Crippen LogP contribution in [0.25, 0.3) is 0 Å². The van der Waals surface area contributed by atoms with E-state index in [4.69, 9.17) is 4.99 Å². The molecule has 36 heavy (non-hydrogen) atoms. The van der Waals surface area contributed by atoms with Gasteiger partial charge in [0.15, 0.2) is 0 Å². The Morgan fingerprint density at radius 1 is 0.972 bits per heavy atom. The second-order valence-corrected chi connectivity index (χ2v) is 9.53. The minimum atomic E-state index is -1.10. The zero-order chi connectivity index (χ0) is 25.7. The molecule has 3 unspecified atom stereocenters. The number of rotatable bonds is 8. The molecule has 3 aromatic rings. The van der Waals surface area contributed by atoms with Gasteiger partial charge in [0, 0.05) is 18.2 Å². The summed E-state index contributed by atoms with van der Waals surface area (Å²) in [5.74, 6) is -1.50. The normalized spacial score (nSPS) is 17.1. The van der Waals surface area contributed by atoms with Crippen LogP contribution >= 0.6 is 0 Å². The number of anilines is 1. The third kappa shape index (κ3) is 5.55. The highest BCUT2D eigenvalue weighted by Crippen LogP contribution is 2.28. The predicted molar refractivity (Wildman–Crippen MR) is 143 cm³/mol. The van der Waals surface area contributed by atoms with E-state index in [0.717, 1.165) is 22.4 Å². The summed E-state index contributed by atoms with van der Waals surface area (Å²) in [5, 5.41) is 13.9. The van der Waals surface area contributed by atoms with Crippen molar-refractivity contribution in [2.45, 2.75) is 39.0 Å². The molecule has 2 N–H and O–H groups in total. The number of para-hydroxylation sites is 1. The fourth-order valence-electron chi connectivity index (χ4n) is 4.73. The van der Waals surface area contributed by atoms with Crippen molar-refractivity contribution in [3.05, 3.63) is 102 Å². The van der Waals surface area contributed by atoms with Crippen molar-refractivity contribution >= 4 is 23.2 Å². The molecule has 1 heterocycles. The molecule has 0 fully saturated rings. The first-order valence-corrected chi connectivity index (χ1v) is 12.4. The van der Waals surface area contributed by atoms with Crippen molar-refractivity contribution in [3.8, 4) is 0 Å². The Labute approximate surface area is 212 Å². The monoisotopic (exact) mass is 483 g/mol. The first-order valence-electron chi connectivity index (χ1n) is 12.4. The molecule has 1 aliphatic rings. The lowest BCUT2D eigenvalue weighted by atomic mass is 9.86. The summed E-state index contributed by atoms with van der Waals surface area (Å²) in [7, 11) is 1.69. The summed E-state index contributed by atoms with van der Waals surface area (Å²) < 4.78 is 0. The lowest BCUT2D eigenvalue weighted by molar-refractivity contribution is -0.134. The Morgan fingerprint density at radius 2 is 1.58 bits per heavy atom. The Balaban J connectivity index is 1.60. The first kappa shape index (κ1) is 25.3. The van der Waals surface area contributed by atoms with Crippen molar-refractivity contribution in [2.24, 2.45) is 16.8 Å². The molecule has 0 spiro atoms. The summed E-state index contributed by atoms with van der Waals surface area (Å²) >= 11 is 0. The lowest BCUT2D eigenvalue weighted by Crippen LogP contribution is -2.50. The third-order valence-corrected chi connectivity index (χ3v) is 6.68. The van der Waals surface area contributed by atoms with Crippen LogP contribution in [0.3, 0.4) is 0 Å². The number of benzodiazepines with no additional fused rings is 1. The Morgan fingerprint density at radius 3 is 2.25 bits per heavy atom. The standard InChI is InChI=1S/C30H33N3O3/c1-20(2)26(25(34)19-18-21-12-6-4-7-13-21)29(35)32-28-30(36)33(3)24-17-11-10-16-23(24)27(31-28)22-14-8-5-9-15-22/h4-17,20,25-26,28,34H,18-19H2,1-3H3,(H,32,35). The lowest BCUT2D eigenvalue weighted by Gasteiger charge is -2.27. The maximum Gasteiger partial charge on any atom is 0.272 e. The van der Waals surface area contributed by atoms with Crippen molar-refractivity contribution in [1.29, 1.82) is 0 Å². The topological polar surface area (TPSA) is 82.0 Å². The van der Waals surface area contributed by atoms with Crippen LogP contribution in [0.15, 0.2) is 89.9 Å². The summed E-state index contributed by atoms with van der Waals surface area (Å²) in [6.45, 7) is 3.82. The van der Waals surface area contributed by atoms with Gasteiger partial charge in [0.05, 0.1) is 23.4 Å². The number of carbonyl (C=O) groups excluding carboxylic acids is 2. The van der Waals surface area contributed by atoms with Crippen LogP contribution in [0.5, 0.6) is 0 Å². The van der Waals surface area contributed by atoms with Gasteiger partial charge in [-0.15, -0.1) is 0 Å². The Bertz CT molecular complexity index is 1220. The summed E-state index contributed by atoms with van der Waals surface area (Å²) in [6, 6.07) is 27.1. The number of benzene rings is 3.